The Hall–Kier alpha value is -1.40. The van der Waals surface area contributed by atoms with Gasteiger partial charge in [-0.15, -0.1) is 0 Å². The van der Waals surface area contributed by atoms with Crippen molar-refractivity contribution in [2.24, 2.45) is 0 Å². The summed E-state index contributed by atoms with van der Waals surface area (Å²) in [6.45, 7) is 1.53. The lowest BCUT2D eigenvalue weighted by Gasteiger charge is -2.05. The molecule has 5 nitrogen and oxygen atoms in total. The van der Waals surface area contributed by atoms with Crippen LogP contribution in [0, 0.1) is 0 Å². The van der Waals surface area contributed by atoms with Crippen LogP contribution in [0.15, 0.2) is 18.2 Å². The molecule has 0 saturated carbocycles. The van der Waals surface area contributed by atoms with E-state index in [9.17, 15) is 13.2 Å². The van der Waals surface area contributed by atoms with Crippen molar-refractivity contribution in [1.29, 1.82) is 0 Å². The summed E-state index contributed by atoms with van der Waals surface area (Å²) in [5.74, 6) is 0. The highest BCUT2D eigenvalue weighted by Gasteiger charge is 2.17. The number of fused-ring (bicyclic) bond motifs is 1. The Labute approximate surface area is 100 Å². The summed E-state index contributed by atoms with van der Waals surface area (Å²) in [5.41, 5.74) is 3.12. The minimum atomic E-state index is -3.17. The van der Waals surface area contributed by atoms with Gasteiger partial charge in [-0.3, -0.25) is 4.79 Å². The number of hydrogen-bond donors (Lipinski definition) is 1. The highest BCUT2D eigenvalue weighted by Crippen LogP contribution is 2.22. The SMILES string of the molecule is CS(=O)(=O)NCc1ccc2c(c1)CN(C=O)C2. The lowest BCUT2D eigenvalue weighted by molar-refractivity contribution is -0.118. The maximum Gasteiger partial charge on any atom is 0.210 e. The minimum absolute atomic E-state index is 0.285. The maximum absolute atomic E-state index is 11.0. The van der Waals surface area contributed by atoms with E-state index >= 15 is 0 Å². The number of carbonyl (C=O) groups is 1. The van der Waals surface area contributed by atoms with Crippen LogP contribution in [0.1, 0.15) is 16.7 Å². The first-order chi connectivity index (χ1) is 7.98. The van der Waals surface area contributed by atoms with Gasteiger partial charge in [0.1, 0.15) is 0 Å². The van der Waals surface area contributed by atoms with Crippen molar-refractivity contribution in [3.8, 4) is 0 Å². The number of benzene rings is 1. The second-order valence-electron chi connectivity index (χ2n) is 4.21. The highest BCUT2D eigenvalue weighted by molar-refractivity contribution is 7.88. The number of hydrogen-bond acceptors (Lipinski definition) is 3. The van der Waals surface area contributed by atoms with E-state index in [2.05, 4.69) is 4.72 Å². The summed E-state index contributed by atoms with van der Waals surface area (Å²) in [7, 11) is -3.17. The summed E-state index contributed by atoms with van der Waals surface area (Å²) < 4.78 is 24.4. The number of sulfonamides is 1. The van der Waals surface area contributed by atoms with Crippen molar-refractivity contribution in [3.05, 3.63) is 34.9 Å². The normalized spacial score (nSPS) is 14.8. The zero-order valence-electron chi connectivity index (χ0n) is 9.51. The lowest BCUT2D eigenvalue weighted by atomic mass is 10.1. The molecule has 0 fully saturated rings. The average Bonchev–Trinajstić information content (AvgIpc) is 2.67. The molecule has 92 valence electrons. The molecule has 0 aliphatic carbocycles. The predicted molar refractivity (Wildman–Crippen MR) is 63.4 cm³/mol. The Balaban J connectivity index is 2.11. The van der Waals surface area contributed by atoms with Crippen LogP contribution in [0.25, 0.3) is 0 Å². The molecule has 17 heavy (non-hydrogen) atoms. The molecule has 1 aromatic carbocycles. The largest absolute Gasteiger partial charge is 0.337 e. The van der Waals surface area contributed by atoms with Crippen LogP contribution in [0.2, 0.25) is 0 Å². The smallest absolute Gasteiger partial charge is 0.210 e. The summed E-state index contributed by atoms with van der Waals surface area (Å²) in [6.07, 6.45) is 1.96. The summed E-state index contributed by atoms with van der Waals surface area (Å²) in [5, 5.41) is 0. The first-order valence-corrected chi connectivity index (χ1v) is 7.12. The van der Waals surface area contributed by atoms with Crippen molar-refractivity contribution in [1.82, 2.24) is 9.62 Å². The van der Waals surface area contributed by atoms with Crippen molar-refractivity contribution >= 4 is 16.4 Å². The third-order valence-electron chi connectivity index (χ3n) is 2.71. The molecule has 0 radical (unpaired) electrons. The van der Waals surface area contributed by atoms with Gasteiger partial charge in [0.25, 0.3) is 0 Å². The molecule has 0 bridgehead atoms. The van der Waals surface area contributed by atoms with Gasteiger partial charge < -0.3 is 4.90 Å². The molecular weight excluding hydrogens is 240 g/mol. The van der Waals surface area contributed by atoms with Crippen LogP contribution in [-0.4, -0.2) is 26.0 Å². The zero-order chi connectivity index (χ0) is 12.5. The van der Waals surface area contributed by atoms with Crippen molar-refractivity contribution < 1.29 is 13.2 Å². The van der Waals surface area contributed by atoms with Crippen LogP contribution in [-0.2, 0) is 34.5 Å². The summed E-state index contributed by atoms with van der Waals surface area (Å²) in [4.78, 5) is 12.3. The Morgan fingerprint density at radius 2 is 2.06 bits per heavy atom. The van der Waals surface area contributed by atoms with Crippen LogP contribution in [0.4, 0.5) is 0 Å². The molecule has 0 aromatic heterocycles. The van der Waals surface area contributed by atoms with E-state index in [4.69, 9.17) is 0 Å². The van der Waals surface area contributed by atoms with E-state index < -0.39 is 10.0 Å². The second-order valence-corrected chi connectivity index (χ2v) is 6.04. The number of rotatable bonds is 4. The van der Waals surface area contributed by atoms with Gasteiger partial charge in [-0.1, -0.05) is 18.2 Å². The van der Waals surface area contributed by atoms with Gasteiger partial charge in [-0.05, 0) is 16.7 Å². The fourth-order valence-corrected chi connectivity index (χ4v) is 2.30. The third-order valence-corrected chi connectivity index (χ3v) is 3.37. The molecule has 1 aliphatic rings. The van der Waals surface area contributed by atoms with Gasteiger partial charge >= 0.3 is 0 Å². The molecule has 1 amide bonds. The van der Waals surface area contributed by atoms with Gasteiger partial charge in [0.2, 0.25) is 16.4 Å². The molecule has 0 atom stereocenters. The molecule has 1 aliphatic heterocycles. The topological polar surface area (TPSA) is 66.5 Å². The molecular formula is C11H14N2O3S. The first-order valence-electron chi connectivity index (χ1n) is 5.22. The number of nitrogens with one attached hydrogen (secondary N) is 1. The van der Waals surface area contributed by atoms with E-state index in [-0.39, 0.29) is 6.54 Å². The van der Waals surface area contributed by atoms with Crippen molar-refractivity contribution in [2.45, 2.75) is 19.6 Å². The van der Waals surface area contributed by atoms with Crippen LogP contribution < -0.4 is 4.72 Å². The molecule has 1 aromatic rings. The van der Waals surface area contributed by atoms with Gasteiger partial charge in [0.05, 0.1) is 6.26 Å². The third kappa shape index (κ3) is 3.04. The number of nitrogens with zero attached hydrogens (tertiary/aromatic N) is 1. The Morgan fingerprint density at radius 3 is 2.71 bits per heavy atom. The van der Waals surface area contributed by atoms with E-state index in [1.54, 1.807) is 4.90 Å². The zero-order valence-corrected chi connectivity index (χ0v) is 10.3. The minimum Gasteiger partial charge on any atom is -0.337 e. The Bertz CT molecular complexity index is 540. The fraction of sp³-hybridized carbons (Fsp3) is 0.364. The van der Waals surface area contributed by atoms with Crippen LogP contribution in [0.5, 0.6) is 0 Å². The Morgan fingerprint density at radius 1 is 1.35 bits per heavy atom. The van der Waals surface area contributed by atoms with Gasteiger partial charge in [0, 0.05) is 19.6 Å². The van der Waals surface area contributed by atoms with Gasteiger partial charge in [-0.25, -0.2) is 13.1 Å². The number of amides is 1. The molecule has 0 saturated heterocycles. The Kier molecular flexibility index (Phi) is 3.17. The quantitative estimate of drug-likeness (QED) is 0.781. The van der Waals surface area contributed by atoms with Crippen molar-refractivity contribution in [2.75, 3.05) is 6.26 Å². The molecule has 0 unspecified atom stereocenters. The lowest BCUT2D eigenvalue weighted by Crippen LogP contribution is -2.21. The van der Waals surface area contributed by atoms with E-state index in [0.29, 0.717) is 13.1 Å². The monoisotopic (exact) mass is 254 g/mol. The first kappa shape index (κ1) is 12.1. The fourth-order valence-electron chi connectivity index (χ4n) is 1.87. The van der Waals surface area contributed by atoms with Gasteiger partial charge in [0.15, 0.2) is 0 Å². The average molecular weight is 254 g/mol. The molecule has 1 N–H and O–H groups in total. The maximum atomic E-state index is 11.0. The highest BCUT2D eigenvalue weighted by atomic mass is 32.2. The van der Waals surface area contributed by atoms with Crippen LogP contribution >= 0.6 is 0 Å². The molecule has 0 spiro atoms. The van der Waals surface area contributed by atoms with Crippen LogP contribution in [0.3, 0.4) is 0 Å². The van der Waals surface area contributed by atoms with Crippen molar-refractivity contribution in [3.63, 3.8) is 0 Å². The second kappa shape index (κ2) is 4.46. The van der Waals surface area contributed by atoms with E-state index in [1.807, 2.05) is 18.2 Å². The molecule has 6 heteroatoms. The summed E-state index contributed by atoms with van der Waals surface area (Å²) >= 11 is 0. The van der Waals surface area contributed by atoms with E-state index in [1.165, 1.54) is 0 Å². The predicted octanol–water partition coefficient (Wildman–Crippen LogP) is 0.208. The molecule has 1 heterocycles. The number of carbonyl (C=O) groups excluding carboxylic acids is 1. The van der Waals surface area contributed by atoms with E-state index in [0.717, 1.165) is 29.4 Å². The summed E-state index contributed by atoms with van der Waals surface area (Å²) in [6, 6.07) is 5.76. The molecule has 2 rings (SSSR count). The van der Waals surface area contributed by atoms with Gasteiger partial charge in [-0.2, -0.15) is 0 Å². The standard InChI is InChI=1S/C11H14N2O3S/c1-17(15,16)12-5-9-2-3-10-6-13(8-14)7-11(10)4-9/h2-4,8,12H,5-7H2,1H3.